The van der Waals surface area contributed by atoms with Crippen LogP contribution in [0.25, 0.3) is 11.5 Å². The summed E-state index contributed by atoms with van der Waals surface area (Å²) in [5.74, 6) is 1.60. The molecule has 4 rings (SSSR count). The Bertz CT molecular complexity index is 607. The maximum Gasteiger partial charge on any atom is 0.247 e. The summed E-state index contributed by atoms with van der Waals surface area (Å²) in [6, 6.07) is 3.77. The molecule has 6 heteroatoms. The van der Waals surface area contributed by atoms with Crippen LogP contribution in [0.2, 0.25) is 0 Å². The Morgan fingerprint density at radius 2 is 1.95 bits per heavy atom. The lowest BCUT2D eigenvalue weighted by atomic mass is 9.72. The normalized spacial score (nSPS) is 24.5. The second kappa shape index (κ2) is 5.20. The lowest BCUT2D eigenvalue weighted by molar-refractivity contribution is 0.0130. The summed E-state index contributed by atoms with van der Waals surface area (Å²) in [5, 5.41) is 12.0. The van der Waals surface area contributed by atoms with Gasteiger partial charge < -0.3 is 14.5 Å². The van der Waals surface area contributed by atoms with Crippen LogP contribution in [0.4, 0.5) is 0 Å². The fourth-order valence-electron chi connectivity index (χ4n) is 3.44. The summed E-state index contributed by atoms with van der Waals surface area (Å²) < 4.78 is 11.5. The smallest absolute Gasteiger partial charge is 0.247 e. The third-order valence-electron chi connectivity index (χ3n) is 4.72. The zero-order chi connectivity index (χ0) is 14.1. The van der Waals surface area contributed by atoms with E-state index in [-0.39, 0.29) is 11.3 Å². The maximum atomic E-state index is 5.95. The van der Waals surface area contributed by atoms with E-state index in [4.69, 9.17) is 9.15 Å². The minimum Gasteiger partial charge on any atom is -0.420 e. The third kappa shape index (κ3) is 2.24. The van der Waals surface area contributed by atoms with E-state index in [0.29, 0.717) is 5.89 Å². The fraction of sp³-hybridized carbons (Fsp3) is 0.533. The van der Waals surface area contributed by atoms with E-state index in [9.17, 15) is 0 Å². The molecule has 1 N–H and O–H groups in total. The lowest BCUT2D eigenvalue weighted by Gasteiger charge is -2.36. The number of rotatable bonds is 2. The number of nitrogens with zero attached hydrogens (tertiary/aromatic N) is 3. The fourth-order valence-corrected chi connectivity index (χ4v) is 3.44. The van der Waals surface area contributed by atoms with Gasteiger partial charge in [-0.1, -0.05) is 0 Å². The molecule has 0 saturated carbocycles. The molecular weight excluding hydrogens is 268 g/mol. The van der Waals surface area contributed by atoms with E-state index >= 15 is 0 Å². The minimum atomic E-state index is 0.209. The Morgan fingerprint density at radius 3 is 2.76 bits per heavy atom. The molecule has 2 aromatic rings. The first-order valence-corrected chi connectivity index (χ1v) is 7.40. The first kappa shape index (κ1) is 12.9. The van der Waals surface area contributed by atoms with Gasteiger partial charge in [-0.15, -0.1) is 10.2 Å². The number of aromatic nitrogens is 3. The van der Waals surface area contributed by atoms with Gasteiger partial charge in [-0.25, -0.2) is 0 Å². The molecular formula is C15H18N4O2. The first-order chi connectivity index (χ1) is 10.4. The second-order valence-corrected chi connectivity index (χ2v) is 5.84. The van der Waals surface area contributed by atoms with Crippen LogP contribution in [0, 0.1) is 5.41 Å². The van der Waals surface area contributed by atoms with E-state index < -0.39 is 0 Å². The molecule has 1 atom stereocenters. The van der Waals surface area contributed by atoms with E-state index in [1.54, 1.807) is 12.4 Å². The van der Waals surface area contributed by atoms with Gasteiger partial charge in [0.05, 0.1) is 5.92 Å². The van der Waals surface area contributed by atoms with E-state index in [0.717, 1.165) is 50.6 Å². The molecule has 0 aromatic carbocycles. The van der Waals surface area contributed by atoms with Crippen molar-refractivity contribution in [2.24, 2.45) is 5.41 Å². The molecule has 6 nitrogen and oxygen atoms in total. The highest BCUT2D eigenvalue weighted by molar-refractivity contribution is 5.50. The number of pyridine rings is 1. The van der Waals surface area contributed by atoms with Crippen LogP contribution >= 0.6 is 0 Å². The van der Waals surface area contributed by atoms with Gasteiger partial charge in [0, 0.05) is 44.3 Å². The number of hydrogen-bond donors (Lipinski definition) is 1. The Hall–Kier alpha value is -1.79. The van der Waals surface area contributed by atoms with Crippen molar-refractivity contribution in [1.29, 1.82) is 0 Å². The standard InChI is InChI=1S/C15H18N4O2/c1-5-16-6-2-11(1)13-18-19-14(21-13)12-9-17-10-15(12)3-7-20-8-4-15/h1-2,5-6,12,17H,3-4,7-10H2/t12-/m1/s1. The zero-order valence-corrected chi connectivity index (χ0v) is 11.8. The van der Waals surface area contributed by atoms with Crippen LogP contribution in [-0.4, -0.2) is 41.5 Å². The third-order valence-corrected chi connectivity index (χ3v) is 4.72. The summed E-state index contributed by atoms with van der Waals surface area (Å²) >= 11 is 0. The van der Waals surface area contributed by atoms with Crippen molar-refractivity contribution in [2.45, 2.75) is 18.8 Å². The highest BCUT2D eigenvalue weighted by Crippen LogP contribution is 2.46. The van der Waals surface area contributed by atoms with Crippen molar-refractivity contribution >= 4 is 0 Å². The highest BCUT2D eigenvalue weighted by atomic mass is 16.5. The van der Waals surface area contributed by atoms with Crippen molar-refractivity contribution in [3.8, 4) is 11.5 Å². The van der Waals surface area contributed by atoms with Crippen LogP contribution in [0.1, 0.15) is 24.7 Å². The van der Waals surface area contributed by atoms with E-state index in [1.807, 2.05) is 12.1 Å². The van der Waals surface area contributed by atoms with Crippen molar-refractivity contribution in [3.05, 3.63) is 30.4 Å². The van der Waals surface area contributed by atoms with E-state index in [2.05, 4.69) is 20.5 Å². The van der Waals surface area contributed by atoms with Gasteiger partial charge in [-0.05, 0) is 30.4 Å². The SMILES string of the molecule is c1cc(-c2nnc([C@H]3CNCC34CCOCC4)o2)ccn1. The molecule has 2 saturated heterocycles. The molecule has 0 radical (unpaired) electrons. The molecule has 2 aliphatic rings. The quantitative estimate of drug-likeness (QED) is 0.904. The van der Waals surface area contributed by atoms with Crippen LogP contribution in [0.5, 0.6) is 0 Å². The second-order valence-electron chi connectivity index (χ2n) is 5.84. The van der Waals surface area contributed by atoms with Gasteiger partial charge in [0.25, 0.3) is 0 Å². The summed E-state index contributed by atoms with van der Waals surface area (Å²) in [5.41, 5.74) is 1.12. The van der Waals surface area contributed by atoms with Crippen LogP contribution in [0.3, 0.4) is 0 Å². The summed E-state index contributed by atoms with van der Waals surface area (Å²) in [6.07, 6.45) is 5.57. The van der Waals surface area contributed by atoms with Gasteiger partial charge >= 0.3 is 0 Å². The van der Waals surface area contributed by atoms with Crippen molar-refractivity contribution in [3.63, 3.8) is 0 Å². The van der Waals surface area contributed by atoms with Crippen LogP contribution in [-0.2, 0) is 4.74 Å². The van der Waals surface area contributed by atoms with Crippen molar-refractivity contribution in [2.75, 3.05) is 26.3 Å². The number of hydrogen-bond acceptors (Lipinski definition) is 6. The van der Waals surface area contributed by atoms with Gasteiger partial charge in [0.1, 0.15) is 0 Å². The molecule has 2 fully saturated rings. The lowest BCUT2D eigenvalue weighted by Crippen LogP contribution is -2.35. The van der Waals surface area contributed by atoms with Gasteiger partial charge in [-0.2, -0.15) is 0 Å². The van der Waals surface area contributed by atoms with Gasteiger partial charge in [-0.3, -0.25) is 4.98 Å². The Kier molecular flexibility index (Phi) is 3.20. The molecule has 2 aliphatic heterocycles. The monoisotopic (exact) mass is 286 g/mol. The first-order valence-electron chi connectivity index (χ1n) is 7.40. The average molecular weight is 286 g/mol. The zero-order valence-electron chi connectivity index (χ0n) is 11.8. The molecule has 0 bridgehead atoms. The Labute approximate surface area is 122 Å². The number of ether oxygens (including phenoxy) is 1. The minimum absolute atomic E-state index is 0.209. The van der Waals surface area contributed by atoms with Gasteiger partial charge in [0.2, 0.25) is 11.8 Å². The maximum absolute atomic E-state index is 5.95. The van der Waals surface area contributed by atoms with Crippen LogP contribution in [0.15, 0.2) is 28.9 Å². The Balaban J connectivity index is 1.63. The molecule has 2 aromatic heterocycles. The molecule has 1 spiro atoms. The average Bonchev–Trinajstić information content (AvgIpc) is 3.16. The summed E-state index contributed by atoms with van der Waals surface area (Å²) in [7, 11) is 0. The molecule has 21 heavy (non-hydrogen) atoms. The topological polar surface area (TPSA) is 73.1 Å². The predicted molar refractivity (Wildman–Crippen MR) is 75.6 cm³/mol. The Morgan fingerprint density at radius 1 is 1.14 bits per heavy atom. The molecule has 0 aliphatic carbocycles. The van der Waals surface area contributed by atoms with Gasteiger partial charge in [0.15, 0.2) is 0 Å². The molecule has 4 heterocycles. The molecule has 0 amide bonds. The predicted octanol–water partition coefficient (Wildman–Crippen LogP) is 1.62. The molecule has 0 unspecified atom stereocenters. The highest BCUT2D eigenvalue weighted by Gasteiger charge is 2.47. The largest absolute Gasteiger partial charge is 0.420 e. The van der Waals surface area contributed by atoms with Crippen molar-refractivity contribution < 1.29 is 9.15 Å². The van der Waals surface area contributed by atoms with Crippen LogP contribution < -0.4 is 5.32 Å². The van der Waals surface area contributed by atoms with E-state index in [1.165, 1.54) is 0 Å². The van der Waals surface area contributed by atoms with Crippen molar-refractivity contribution in [1.82, 2.24) is 20.5 Å². The summed E-state index contributed by atoms with van der Waals surface area (Å²) in [4.78, 5) is 4.01. The summed E-state index contributed by atoms with van der Waals surface area (Å²) in [6.45, 7) is 3.55. The number of nitrogens with one attached hydrogen (secondary N) is 1. The molecule has 110 valence electrons.